The zero-order valence-electron chi connectivity index (χ0n) is 8.11. The van der Waals surface area contributed by atoms with Gasteiger partial charge in [0.25, 0.3) is 0 Å². The van der Waals surface area contributed by atoms with Gasteiger partial charge in [-0.1, -0.05) is 29.3 Å². The molecule has 1 heterocycles. The lowest BCUT2D eigenvalue weighted by atomic mass is 10.3. The predicted octanol–water partition coefficient (Wildman–Crippen LogP) is 3.11. The first-order chi connectivity index (χ1) is 7.66. The standard InChI is InChI=1S/C10H8Cl2N4/c11-6-2-1-3-7(10(6)12)16-9-5-14-8(13)4-15-9/h1-5H,(H2,13,14)(H,15,16). The van der Waals surface area contributed by atoms with Gasteiger partial charge in [0.15, 0.2) is 0 Å². The summed E-state index contributed by atoms with van der Waals surface area (Å²) in [6, 6.07) is 5.30. The van der Waals surface area contributed by atoms with Gasteiger partial charge in [0.1, 0.15) is 11.6 Å². The van der Waals surface area contributed by atoms with E-state index in [2.05, 4.69) is 15.3 Å². The average molecular weight is 255 g/mol. The third-order valence-electron chi connectivity index (χ3n) is 1.89. The number of anilines is 3. The molecule has 0 aliphatic rings. The summed E-state index contributed by atoms with van der Waals surface area (Å²) in [5.74, 6) is 0.918. The monoisotopic (exact) mass is 254 g/mol. The first-order valence-corrected chi connectivity index (χ1v) is 5.21. The van der Waals surface area contributed by atoms with Gasteiger partial charge in [0, 0.05) is 0 Å². The molecule has 0 unspecified atom stereocenters. The summed E-state index contributed by atoms with van der Waals surface area (Å²) >= 11 is 11.9. The Bertz CT molecular complexity index is 499. The average Bonchev–Trinajstić information content (AvgIpc) is 2.28. The molecule has 0 aliphatic carbocycles. The molecule has 0 amide bonds. The van der Waals surface area contributed by atoms with E-state index >= 15 is 0 Å². The lowest BCUT2D eigenvalue weighted by molar-refractivity contribution is 1.21. The molecule has 82 valence electrons. The van der Waals surface area contributed by atoms with Gasteiger partial charge >= 0.3 is 0 Å². The van der Waals surface area contributed by atoms with E-state index in [0.717, 1.165) is 0 Å². The van der Waals surface area contributed by atoms with E-state index in [9.17, 15) is 0 Å². The van der Waals surface area contributed by atoms with Crippen molar-refractivity contribution in [2.24, 2.45) is 0 Å². The molecule has 3 N–H and O–H groups in total. The van der Waals surface area contributed by atoms with E-state index < -0.39 is 0 Å². The van der Waals surface area contributed by atoms with Crippen LogP contribution in [-0.2, 0) is 0 Å². The van der Waals surface area contributed by atoms with Crippen molar-refractivity contribution < 1.29 is 0 Å². The molecule has 2 aromatic rings. The quantitative estimate of drug-likeness (QED) is 0.865. The first kappa shape index (κ1) is 11.0. The van der Waals surface area contributed by atoms with Crippen LogP contribution in [0.4, 0.5) is 17.3 Å². The Hall–Kier alpha value is -1.52. The molecule has 0 radical (unpaired) electrons. The second-order valence-corrected chi connectivity index (χ2v) is 3.84. The van der Waals surface area contributed by atoms with Crippen LogP contribution in [0, 0.1) is 0 Å². The smallest absolute Gasteiger partial charge is 0.149 e. The molecular weight excluding hydrogens is 247 g/mol. The minimum absolute atomic E-state index is 0.364. The number of rotatable bonds is 2. The van der Waals surface area contributed by atoms with Crippen LogP contribution in [-0.4, -0.2) is 9.97 Å². The van der Waals surface area contributed by atoms with E-state index in [4.69, 9.17) is 28.9 Å². The number of benzene rings is 1. The lowest BCUT2D eigenvalue weighted by Gasteiger charge is -2.07. The third-order valence-corrected chi connectivity index (χ3v) is 2.71. The van der Waals surface area contributed by atoms with Crippen molar-refractivity contribution in [2.45, 2.75) is 0 Å². The minimum atomic E-state index is 0.364. The maximum absolute atomic E-state index is 6.01. The van der Waals surface area contributed by atoms with Gasteiger partial charge in [-0.2, -0.15) is 0 Å². The van der Waals surface area contributed by atoms with Gasteiger partial charge in [-0.15, -0.1) is 0 Å². The number of nitrogens with one attached hydrogen (secondary N) is 1. The van der Waals surface area contributed by atoms with Crippen LogP contribution in [0.15, 0.2) is 30.6 Å². The van der Waals surface area contributed by atoms with Crippen LogP contribution in [0.25, 0.3) is 0 Å². The fraction of sp³-hybridized carbons (Fsp3) is 0. The van der Waals surface area contributed by atoms with Crippen molar-refractivity contribution in [3.8, 4) is 0 Å². The summed E-state index contributed by atoms with van der Waals surface area (Å²) in [6.07, 6.45) is 2.98. The van der Waals surface area contributed by atoms with Crippen molar-refractivity contribution >= 4 is 40.5 Å². The number of halogens is 2. The highest BCUT2D eigenvalue weighted by Crippen LogP contribution is 2.30. The zero-order chi connectivity index (χ0) is 11.5. The van der Waals surface area contributed by atoms with Gasteiger partial charge in [-0.3, -0.25) is 0 Å². The van der Waals surface area contributed by atoms with E-state index in [0.29, 0.717) is 27.4 Å². The Morgan fingerprint density at radius 2 is 1.94 bits per heavy atom. The Balaban J connectivity index is 2.27. The van der Waals surface area contributed by atoms with E-state index in [1.807, 2.05) is 0 Å². The van der Waals surface area contributed by atoms with E-state index in [-0.39, 0.29) is 0 Å². The van der Waals surface area contributed by atoms with Crippen molar-refractivity contribution in [2.75, 3.05) is 11.1 Å². The molecule has 16 heavy (non-hydrogen) atoms. The maximum atomic E-state index is 6.01. The summed E-state index contributed by atoms with van der Waals surface area (Å²) in [5.41, 5.74) is 6.10. The molecule has 0 fully saturated rings. The largest absolute Gasteiger partial charge is 0.382 e. The van der Waals surface area contributed by atoms with Gasteiger partial charge < -0.3 is 11.1 Å². The molecule has 6 heteroatoms. The number of nitrogen functional groups attached to an aromatic ring is 1. The molecule has 0 bridgehead atoms. The Morgan fingerprint density at radius 3 is 2.62 bits per heavy atom. The number of hydrogen-bond acceptors (Lipinski definition) is 4. The molecule has 0 saturated heterocycles. The fourth-order valence-electron chi connectivity index (χ4n) is 1.14. The third kappa shape index (κ3) is 2.35. The molecule has 1 aromatic heterocycles. The van der Waals surface area contributed by atoms with Crippen LogP contribution >= 0.6 is 23.2 Å². The highest BCUT2D eigenvalue weighted by atomic mass is 35.5. The van der Waals surface area contributed by atoms with Gasteiger partial charge in [0.05, 0.1) is 28.1 Å². The second kappa shape index (κ2) is 4.55. The van der Waals surface area contributed by atoms with Crippen LogP contribution in [0.2, 0.25) is 10.0 Å². The molecular formula is C10H8Cl2N4. The molecule has 0 atom stereocenters. The molecule has 0 aliphatic heterocycles. The Morgan fingerprint density at radius 1 is 1.12 bits per heavy atom. The van der Waals surface area contributed by atoms with E-state index in [1.165, 1.54) is 12.4 Å². The summed E-state index contributed by atoms with van der Waals surface area (Å²) in [4.78, 5) is 7.95. The van der Waals surface area contributed by atoms with Crippen molar-refractivity contribution in [1.29, 1.82) is 0 Å². The summed E-state index contributed by atoms with van der Waals surface area (Å²) in [6.45, 7) is 0. The molecule has 0 saturated carbocycles. The van der Waals surface area contributed by atoms with Gasteiger partial charge in [0.2, 0.25) is 0 Å². The number of aromatic nitrogens is 2. The van der Waals surface area contributed by atoms with Gasteiger partial charge in [-0.05, 0) is 12.1 Å². The Kier molecular flexibility index (Phi) is 3.12. The SMILES string of the molecule is Nc1cnc(Nc2cccc(Cl)c2Cl)cn1. The predicted molar refractivity (Wildman–Crippen MR) is 66.2 cm³/mol. The molecule has 2 rings (SSSR count). The second-order valence-electron chi connectivity index (χ2n) is 3.05. The fourth-order valence-corrected chi connectivity index (χ4v) is 1.49. The van der Waals surface area contributed by atoms with Gasteiger partial charge in [-0.25, -0.2) is 9.97 Å². The van der Waals surface area contributed by atoms with Crippen LogP contribution in [0.3, 0.4) is 0 Å². The molecule has 1 aromatic carbocycles. The maximum Gasteiger partial charge on any atom is 0.149 e. The number of nitrogens with two attached hydrogens (primary N) is 1. The Labute approximate surface area is 102 Å². The minimum Gasteiger partial charge on any atom is -0.382 e. The van der Waals surface area contributed by atoms with Crippen LogP contribution in [0.5, 0.6) is 0 Å². The van der Waals surface area contributed by atoms with Crippen molar-refractivity contribution in [3.63, 3.8) is 0 Å². The number of hydrogen-bond donors (Lipinski definition) is 2. The summed E-state index contributed by atoms with van der Waals surface area (Å²) in [7, 11) is 0. The highest BCUT2D eigenvalue weighted by molar-refractivity contribution is 6.43. The van der Waals surface area contributed by atoms with Crippen molar-refractivity contribution in [3.05, 3.63) is 40.6 Å². The van der Waals surface area contributed by atoms with Crippen LogP contribution < -0.4 is 11.1 Å². The first-order valence-electron chi connectivity index (χ1n) is 4.45. The lowest BCUT2D eigenvalue weighted by Crippen LogP contribution is -1.97. The summed E-state index contributed by atoms with van der Waals surface area (Å²) in [5, 5.41) is 3.92. The topological polar surface area (TPSA) is 63.8 Å². The zero-order valence-corrected chi connectivity index (χ0v) is 9.63. The highest BCUT2D eigenvalue weighted by Gasteiger charge is 2.04. The molecule has 4 nitrogen and oxygen atoms in total. The molecule has 0 spiro atoms. The van der Waals surface area contributed by atoms with Crippen molar-refractivity contribution in [1.82, 2.24) is 9.97 Å². The normalized spacial score (nSPS) is 10.1. The number of nitrogens with zero attached hydrogens (tertiary/aromatic N) is 2. The van der Waals surface area contributed by atoms with Crippen LogP contribution in [0.1, 0.15) is 0 Å². The van der Waals surface area contributed by atoms with E-state index in [1.54, 1.807) is 18.2 Å². The summed E-state index contributed by atoms with van der Waals surface area (Å²) < 4.78 is 0.